The van der Waals surface area contributed by atoms with Crippen molar-refractivity contribution in [2.45, 2.75) is 44.4 Å². The molecule has 1 aliphatic carbocycles. The standard InChI is InChI=1S/C24H20Cl2F5N5O4/c25-20-18(21(26)34-33-20)17(37)10-35(9-11-5-13(27)7-14(28)6-11)22(38)16-8-32-36(19(16)24(29,30)31)15-3-1-12(2-4-15)23(39)40/h5-8,12,15H,1-4,9-10H2,(H,33,34)(H,39,40)/t12-,15-. The first-order valence-electron chi connectivity index (χ1n) is 11.8. The largest absolute Gasteiger partial charge is 0.481 e. The van der Waals surface area contributed by atoms with Gasteiger partial charge in [0.05, 0.1) is 35.8 Å². The average Bonchev–Trinajstić information content (AvgIpc) is 3.46. The SMILES string of the molecule is O=C(CN(Cc1cc(F)cc(F)c1)C(=O)c1cnn([C@H]2CC[C@H](C(=O)O)CC2)c1C(F)(F)F)c1c(Cl)n[nH]c1Cl. The number of aromatic nitrogens is 4. The van der Waals surface area contributed by atoms with Gasteiger partial charge >= 0.3 is 12.1 Å². The van der Waals surface area contributed by atoms with Crippen LogP contribution < -0.4 is 0 Å². The number of amides is 1. The van der Waals surface area contributed by atoms with Gasteiger partial charge in [0.1, 0.15) is 16.8 Å². The van der Waals surface area contributed by atoms with Crippen molar-refractivity contribution in [1.29, 1.82) is 0 Å². The minimum absolute atomic E-state index is 0.0810. The number of carbonyl (C=O) groups is 3. The van der Waals surface area contributed by atoms with Crippen LogP contribution in [-0.2, 0) is 17.5 Å². The second-order valence-electron chi connectivity index (χ2n) is 9.26. The number of aliphatic carboxylic acids is 1. The summed E-state index contributed by atoms with van der Waals surface area (Å²) in [6.45, 7) is -1.53. The molecule has 0 saturated heterocycles. The fourth-order valence-electron chi connectivity index (χ4n) is 4.73. The second kappa shape index (κ2) is 11.5. The summed E-state index contributed by atoms with van der Waals surface area (Å²) < 4.78 is 71.3. The summed E-state index contributed by atoms with van der Waals surface area (Å²) in [7, 11) is 0. The predicted octanol–water partition coefficient (Wildman–Crippen LogP) is 5.55. The Morgan fingerprint density at radius 1 is 1.07 bits per heavy atom. The van der Waals surface area contributed by atoms with E-state index in [0.29, 0.717) is 21.8 Å². The number of nitrogens with one attached hydrogen (secondary N) is 1. The van der Waals surface area contributed by atoms with Crippen LogP contribution in [0.15, 0.2) is 24.4 Å². The molecule has 1 aromatic carbocycles. The van der Waals surface area contributed by atoms with Crippen molar-refractivity contribution in [1.82, 2.24) is 24.9 Å². The van der Waals surface area contributed by atoms with Crippen LogP contribution in [0.4, 0.5) is 22.0 Å². The predicted molar refractivity (Wildman–Crippen MR) is 130 cm³/mol. The van der Waals surface area contributed by atoms with Crippen molar-refractivity contribution in [3.05, 3.63) is 68.7 Å². The number of halogens is 7. The Kier molecular flexibility index (Phi) is 8.49. The van der Waals surface area contributed by atoms with Gasteiger partial charge in [-0.25, -0.2) is 8.78 Å². The summed E-state index contributed by atoms with van der Waals surface area (Å²) in [4.78, 5) is 38.5. The summed E-state index contributed by atoms with van der Waals surface area (Å²) >= 11 is 11.8. The molecule has 3 aromatic rings. The van der Waals surface area contributed by atoms with Gasteiger partial charge in [0, 0.05) is 12.6 Å². The molecular formula is C24H20Cl2F5N5O4. The third-order valence-corrected chi connectivity index (χ3v) is 7.11. The van der Waals surface area contributed by atoms with Gasteiger partial charge in [-0.05, 0) is 43.4 Å². The van der Waals surface area contributed by atoms with E-state index < -0.39 is 71.8 Å². The molecule has 1 fully saturated rings. The van der Waals surface area contributed by atoms with E-state index in [4.69, 9.17) is 23.2 Å². The molecular weight excluding hydrogens is 588 g/mol. The number of ketones is 1. The Morgan fingerprint density at radius 3 is 2.23 bits per heavy atom. The van der Waals surface area contributed by atoms with Crippen LogP contribution in [0, 0.1) is 17.6 Å². The molecule has 214 valence electrons. The summed E-state index contributed by atoms with van der Waals surface area (Å²) in [5.41, 5.74) is -2.76. The summed E-state index contributed by atoms with van der Waals surface area (Å²) in [5.74, 6) is -5.95. The van der Waals surface area contributed by atoms with Gasteiger partial charge in [-0.1, -0.05) is 23.2 Å². The molecule has 16 heteroatoms. The quantitative estimate of drug-likeness (QED) is 0.256. The molecule has 4 rings (SSSR count). The number of nitrogens with zero attached hydrogens (tertiary/aromatic N) is 4. The van der Waals surface area contributed by atoms with E-state index in [9.17, 15) is 41.4 Å². The number of alkyl halides is 3. The third kappa shape index (κ3) is 6.28. The summed E-state index contributed by atoms with van der Waals surface area (Å²) in [6, 6.07) is 1.46. The maximum atomic E-state index is 14.3. The fraction of sp³-hybridized carbons (Fsp3) is 0.375. The molecule has 0 spiro atoms. The summed E-state index contributed by atoms with van der Waals surface area (Å²) in [5, 5.41) is 18.2. The number of rotatable bonds is 8. The zero-order valence-electron chi connectivity index (χ0n) is 20.3. The highest BCUT2D eigenvalue weighted by molar-refractivity contribution is 6.38. The molecule has 2 heterocycles. The molecule has 0 radical (unpaired) electrons. The van der Waals surface area contributed by atoms with Crippen molar-refractivity contribution in [2.75, 3.05) is 6.54 Å². The lowest BCUT2D eigenvalue weighted by atomic mass is 9.86. The number of hydrogen-bond donors (Lipinski definition) is 2. The topological polar surface area (TPSA) is 121 Å². The first kappa shape index (κ1) is 29.5. The number of aromatic amines is 1. The van der Waals surface area contributed by atoms with Crippen LogP contribution in [0.3, 0.4) is 0 Å². The minimum Gasteiger partial charge on any atom is -0.481 e. The molecule has 2 aromatic heterocycles. The van der Waals surface area contributed by atoms with E-state index in [1.165, 1.54) is 0 Å². The number of hydrogen-bond acceptors (Lipinski definition) is 5. The molecule has 0 bridgehead atoms. The fourth-order valence-corrected chi connectivity index (χ4v) is 5.26. The Bertz CT molecular complexity index is 1410. The van der Waals surface area contributed by atoms with E-state index in [0.717, 1.165) is 12.1 Å². The van der Waals surface area contributed by atoms with Gasteiger partial charge in [-0.15, -0.1) is 0 Å². The van der Waals surface area contributed by atoms with Crippen LogP contribution >= 0.6 is 23.2 Å². The normalized spacial score (nSPS) is 17.6. The number of Topliss-reactive ketones (excluding diaryl/α,β-unsaturated/α-hetero) is 1. The van der Waals surface area contributed by atoms with Crippen LogP contribution in [0.2, 0.25) is 10.3 Å². The Morgan fingerprint density at radius 2 is 1.70 bits per heavy atom. The number of H-pyrrole nitrogens is 1. The Labute approximate surface area is 232 Å². The highest BCUT2D eigenvalue weighted by Crippen LogP contribution is 2.39. The molecule has 1 saturated carbocycles. The number of carboxylic acids is 1. The van der Waals surface area contributed by atoms with E-state index in [-0.39, 0.29) is 47.1 Å². The minimum atomic E-state index is -5.07. The van der Waals surface area contributed by atoms with E-state index in [1.54, 1.807) is 0 Å². The Balaban J connectivity index is 1.71. The Hall–Kier alpha value is -3.52. The molecule has 40 heavy (non-hydrogen) atoms. The van der Waals surface area contributed by atoms with E-state index in [2.05, 4.69) is 15.3 Å². The number of carboxylic acid groups (broad SMARTS) is 1. The summed E-state index contributed by atoms with van der Waals surface area (Å²) in [6.07, 6.45) is -3.95. The lowest BCUT2D eigenvalue weighted by molar-refractivity contribution is -0.147. The highest BCUT2D eigenvalue weighted by Gasteiger charge is 2.43. The van der Waals surface area contributed by atoms with Crippen molar-refractivity contribution in [3.8, 4) is 0 Å². The smallest absolute Gasteiger partial charge is 0.433 e. The van der Waals surface area contributed by atoms with Gasteiger partial charge in [-0.2, -0.15) is 23.4 Å². The van der Waals surface area contributed by atoms with Gasteiger partial charge in [0.15, 0.2) is 16.6 Å². The highest BCUT2D eigenvalue weighted by atomic mass is 35.5. The van der Waals surface area contributed by atoms with Crippen molar-refractivity contribution in [3.63, 3.8) is 0 Å². The molecule has 0 aliphatic heterocycles. The van der Waals surface area contributed by atoms with Crippen LogP contribution in [0.1, 0.15) is 63.7 Å². The van der Waals surface area contributed by atoms with Crippen LogP contribution in [0.5, 0.6) is 0 Å². The lowest BCUT2D eigenvalue weighted by Crippen LogP contribution is -2.37. The second-order valence-corrected chi connectivity index (χ2v) is 9.99. The maximum absolute atomic E-state index is 14.3. The monoisotopic (exact) mass is 607 g/mol. The van der Waals surface area contributed by atoms with Crippen molar-refractivity contribution >= 4 is 40.9 Å². The van der Waals surface area contributed by atoms with Gasteiger partial charge in [-0.3, -0.25) is 24.2 Å². The molecule has 2 N–H and O–H groups in total. The zero-order valence-corrected chi connectivity index (χ0v) is 21.8. The first-order chi connectivity index (χ1) is 18.8. The van der Waals surface area contributed by atoms with E-state index >= 15 is 0 Å². The third-order valence-electron chi connectivity index (χ3n) is 6.56. The van der Waals surface area contributed by atoms with Gasteiger partial charge < -0.3 is 10.0 Å². The molecule has 0 atom stereocenters. The van der Waals surface area contributed by atoms with Crippen molar-refractivity contribution < 1.29 is 41.4 Å². The van der Waals surface area contributed by atoms with Crippen LogP contribution in [0.25, 0.3) is 0 Å². The molecule has 9 nitrogen and oxygen atoms in total. The van der Waals surface area contributed by atoms with Crippen LogP contribution in [-0.4, -0.2) is 54.2 Å². The first-order valence-corrected chi connectivity index (χ1v) is 12.6. The number of benzene rings is 1. The lowest BCUT2D eigenvalue weighted by Gasteiger charge is -2.28. The van der Waals surface area contributed by atoms with Gasteiger partial charge in [0.2, 0.25) is 0 Å². The van der Waals surface area contributed by atoms with Crippen molar-refractivity contribution in [2.24, 2.45) is 5.92 Å². The molecule has 1 amide bonds. The molecule has 0 unspecified atom stereocenters. The molecule has 1 aliphatic rings. The average molecular weight is 608 g/mol. The van der Waals surface area contributed by atoms with Gasteiger partial charge in [0.25, 0.3) is 5.91 Å². The zero-order chi connectivity index (χ0) is 29.4. The van der Waals surface area contributed by atoms with E-state index in [1.807, 2.05) is 0 Å². The number of carbonyl (C=O) groups excluding carboxylic acids is 2. The maximum Gasteiger partial charge on any atom is 0.433 e.